The van der Waals surface area contributed by atoms with Gasteiger partial charge in [-0.05, 0) is 61.7 Å². The van der Waals surface area contributed by atoms with E-state index < -0.39 is 11.3 Å². The first-order chi connectivity index (χ1) is 15.3. The molecule has 4 rings (SSSR count). The lowest BCUT2D eigenvalue weighted by molar-refractivity contribution is -0.126. The lowest BCUT2D eigenvalue weighted by atomic mass is 9.83. The van der Waals surface area contributed by atoms with Crippen molar-refractivity contribution < 1.29 is 9.59 Å². The number of hydrogen-bond donors (Lipinski definition) is 3. The molecule has 162 valence electrons. The highest BCUT2D eigenvalue weighted by molar-refractivity contribution is 5.96. The van der Waals surface area contributed by atoms with E-state index in [1.807, 2.05) is 88.4 Å². The first kappa shape index (κ1) is 21.3. The van der Waals surface area contributed by atoms with E-state index in [4.69, 9.17) is 0 Å². The molecule has 1 aromatic heterocycles. The highest BCUT2D eigenvalue weighted by atomic mass is 16.2. The lowest BCUT2D eigenvalue weighted by Crippen LogP contribution is -2.49. The first-order valence-electron chi connectivity index (χ1n) is 10.5. The van der Waals surface area contributed by atoms with Gasteiger partial charge in [0.05, 0.1) is 11.1 Å². The Balaban J connectivity index is 1.46. The summed E-state index contributed by atoms with van der Waals surface area (Å²) in [4.78, 5) is 25.5. The molecule has 1 heterocycles. The van der Waals surface area contributed by atoms with E-state index in [9.17, 15) is 9.59 Å². The van der Waals surface area contributed by atoms with Crippen LogP contribution < -0.4 is 10.9 Å². The highest BCUT2D eigenvalue weighted by Gasteiger charge is 2.30. The molecule has 0 saturated heterocycles. The van der Waals surface area contributed by atoms with Crippen LogP contribution in [0.2, 0.25) is 0 Å². The number of benzene rings is 3. The lowest BCUT2D eigenvalue weighted by Gasteiger charge is -2.24. The number of aromatic nitrogens is 2. The van der Waals surface area contributed by atoms with E-state index >= 15 is 0 Å². The summed E-state index contributed by atoms with van der Waals surface area (Å²) in [5.41, 5.74) is 9.16. The number of carbonyl (C=O) groups excluding carboxylic acids is 2. The van der Waals surface area contributed by atoms with Crippen LogP contribution in [-0.2, 0) is 10.2 Å². The molecule has 0 saturated carbocycles. The molecule has 0 aliphatic heterocycles. The van der Waals surface area contributed by atoms with Crippen molar-refractivity contribution in [3.8, 4) is 11.3 Å². The van der Waals surface area contributed by atoms with Crippen molar-refractivity contribution in [1.82, 2.24) is 21.0 Å². The Labute approximate surface area is 187 Å². The summed E-state index contributed by atoms with van der Waals surface area (Å²) in [6.07, 6.45) is 0. The molecule has 4 aromatic rings. The van der Waals surface area contributed by atoms with Gasteiger partial charge in [-0.1, -0.05) is 60.2 Å². The van der Waals surface area contributed by atoms with E-state index in [1.54, 1.807) is 6.07 Å². The SMILES string of the molecule is Cc1ccc(C)c(-c2cc(C(=O)NNC(=O)C(C)(C)c3ccc4ccccc4c3)[nH]n2)c1. The predicted molar refractivity (Wildman–Crippen MR) is 126 cm³/mol. The van der Waals surface area contributed by atoms with E-state index in [0.717, 1.165) is 33.0 Å². The Hall–Kier alpha value is -3.93. The Bertz CT molecular complexity index is 1320. The number of aromatic amines is 1. The zero-order chi connectivity index (χ0) is 22.9. The van der Waals surface area contributed by atoms with Gasteiger partial charge in [-0.3, -0.25) is 25.5 Å². The Morgan fingerprint density at radius 2 is 1.62 bits per heavy atom. The van der Waals surface area contributed by atoms with Gasteiger partial charge in [-0.25, -0.2) is 0 Å². The topological polar surface area (TPSA) is 86.9 Å². The van der Waals surface area contributed by atoms with Crippen LogP contribution in [0.15, 0.2) is 66.7 Å². The van der Waals surface area contributed by atoms with Gasteiger partial charge in [-0.15, -0.1) is 0 Å². The maximum absolute atomic E-state index is 12.9. The maximum Gasteiger partial charge on any atom is 0.287 e. The summed E-state index contributed by atoms with van der Waals surface area (Å²) >= 11 is 0. The third-order valence-corrected chi connectivity index (χ3v) is 5.82. The minimum atomic E-state index is -0.838. The number of hydrazine groups is 1. The molecule has 0 aliphatic carbocycles. The van der Waals surface area contributed by atoms with Crippen molar-refractivity contribution in [2.24, 2.45) is 0 Å². The van der Waals surface area contributed by atoms with Crippen molar-refractivity contribution in [2.45, 2.75) is 33.1 Å². The average Bonchev–Trinajstić information content (AvgIpc) is 3.28. The number of rotatable bonds is 4. The van der Waals surface area contributed by atoms with Gasteiger partial charge in [0.1, 0.15) is 5.69 Å². The highest BCUT2D eigenvalue weighted by Crippen LogP contribution is 2.27. The van der Waals surface area contributed by atoms with E-state index in [-0.39, 0.29) is 11.6 Å². The number of amides is 2. The number of nitrogens with zero attached hydrogens (tertiary/aromatic N) is 1. The molecule has 0 radical (unpaired) electrons. The smallest absolute Gasteiger partial charge is 0.272 e. The van der Waals surface area contributed by atoms with Gasteiger partial charge >= 0.3 is 0 Å². The molecule has 3 N–H and O–H groups in total. The molecule has 6 heteroatoms. The number of aryl methyl sites for hydroxylation is 2. The van der Waals surface area contributed by atoms with Gasteiger partial charge in [0.15, 0.2) is 0 Å². The molecule has 0 unspecified atom stereocenters. The van der Waals surface area contributed by atoms with Crippen LogP contribution in [0.5, 0.6) is 0 Å². The minimum Gasteiger partial charge on any atom is -0.272 e. The number of fused-ring (bicyclic) bond motifs is 1. The largest absolute Gasteiger partial charge is 0.287 e. The van der Waals surface area contributed by atoms with Crippen molar-refractivity contribution in [2.75, 3.05) is 0 Å². The minimum absolute atomic E-state index is 0.268. The summed E-state index contributed by atoms with van der Waals surface area (Å²) in [5.74, 6) is -0.771. The first-order valence-corrected chi connectivity index (χ1v) is 10.5. The second-order valence-electron chi connectivity index (χ2n) is 8.58. The van der Waals surface area contributed by atoms with E-state index in [2.05, 4.69) is 21.0 Å². The number of hydrogen-bond acceptors (Lipinski definition) is 3. The summed E-state index contributed by atoms with van der Waals surface area (Å²) < 4.78 is 0. The third-order valence-electron chi connectivity index (χ3n) is 5.82. The second kappa shape index (κ2) is 8.30. The summed E-state index contributed by atoms with van der Waals surface area (Å²) in [6.45, 7) is 7.66. The van der Waals surface area contributed by atoms with Crippen LogP contribution in [0.25, 0.3) is 22.0 Å². The Morgan fingerprint density at radius 1 is 0.875 bits per heavy atom. The molecule has 0 aliphatic rings. The predicted octanol–water partition coefficient (Wildman–Crippen LogP) is 4.59. The second-order valence-corrected chi connectivity index (χ2v) is 8.58. The van der Waals surface area contributed by atoms with Crippen LogP contribution >= 0.6 is 0 Å². The average molecular weight is 427 g/mol. The number of carbonyl (C=O) groups is 2. The molecule has 0 atom stereocenters. The molecular formula is C26H26N4O2. The van der Waals surface area contributed by atoms with Crippen molar-refractivity contribution in [3.63, 3.8) is 0 Å². The molecule has 6 nitrogen and oxygen atoms in total. The van der Waals surface area contributed by atoms with E-state index in [0.29, 0.717) is 5.69 Å². The summed E-state index contributed by atoms with van der Waals surface area (Å²) in [5, 5.41) is 9.19. The van der Waals surface area contributed by atoms with Gasteiger partial charge in [0, 0.05) is 5.56 Å². The van der Waals surface area contributed by atoms with Gasteiger partial charge in [0.2, 0.25) is 5.91 Å². The van der Waals surface area contributed by atoms with Crippen LogP contribution in [0.4, 0.5) is 0 Å². The van der Waals surface area contributed by atoms with Gasteiger partial charge in [0.25, 0.3) is 5.91 Å². The van der Waals surface area contributed by atoms with Crippen molar-refractivity contribution in [3.05, 3.63) is 89.1 Å². The zero-order valence-corrected chi connectivity index (χ0v) is 18.6. The van der Waals surface area contributed by atoms with Crippen LogP contribution in [0.1, 0.15) is 41.0 Å². The quantitative estimate of drug-likeness (QED) is 0.417. The van der Waals surface area contributed by atoms with Crippen molar-refractivity contribution in [1.29, 1.82) is 0 Å². The van der Waals surface area contributed by atoms with Crippen LogP contribution in [-0.4, -0.2) is 22.0 Å². The van der Waals surface area contributed by atoms with Crippen LogP contribution in [0, 0.1) is 13.8 Å². The molecule has 32 heavy (non-hydrogen) atoms. The fourth-order valence-corrected chi connectivity index (χ4v) is 3.63. The molecule has 0 bridgehead atoms. The Kier molecular flexibility index (Phi) is 5.53. The molecule has 0 spiro atoms. The normalized spacial score (nSPS) is 11.4. The Morgan fingerprint density at radius 3 is 2.41 bits per heavy atom. The monoisotopic (exact) mass is 426 g/mol. The van der Waals surface area contributed by atoms with Crippen molar-refractivity contribution >= 4 is 22.6 Å². The molecule has 3 aromatic carbocycles. The standard InChI is InChI=1S/C26H26N4O2/c1-16-9-10-17(2)21(13-16)22-15-23(28-27-22)24(31)29-30-25(32)26(3,4)20-12-11-18-7-5-6-8-19(18)14-20/h5-15H,1-4H3,(H,27,28)(H,29,31)(H,30,32). The summed E-state index contributed by atoms with van der Waals surface area (Å²) in [7, 11) is 0. The molecule has 2 amide bonds. The van der Waals surface area contributed by atoms with Gasteiger partial charge in [-0.2, -0.15) is 5.10 Å². The molecule has 0 fully saturated rings. The van der Waals surface area contributed by atoms with Crippen LogP contribution in [0.3, 0.4) is 0 Å². The van der Waals surface area contributed by atoms with Gasteiger partial charge < -0.3 is 0 Å². The number of H-pyrrole nitrogens is 1. The molecular weight excluding hydrogens is 400 g/mol. The third kappa shape index (κ3) is 4.12. The zero-order valence-electron chi connectivity index (χ0n) is 18.6. The summed E-state index contributed by atoms with van der Waals surface area (Å²) in [6, 6.07) is 21.7. The van der Waals surface area contributed by atoms with E-state index in [1.165, 1.54) is 0 Å². The fourth-order valence-electron chi connectivity index (χ4n) is 3.63. The fraction of sp³-hybridized carbons (Fsp3) is 0.192. The maximum atomic E-state index is 12.9. The number of nitrogens with one attached hydrogen (secondary N) is 3.